The number of nitro groups is 1. The van der Waals surface area contributed by atoms with Crippen LogP contribution in [0.5, 0.6) is 0 Å². The summed E-state index contributed by atoms with van der Waals surface area (Å²) >= 11 is 0. The first kappa shape index (κ1) is 17.0. The van der Waals surface area contributed by atoms with E-state index in [1.165, 1.54) is 24.3 Å². The average Bonchev–Trinajstić information content (AvgIpc) is 3.41. The Bertz CT molecular complexity index is 793. The van der Waals surface area contributed by atoms with E-state index in [0.717, 1.165) is 12.8 Å². The molecule has 6 nitrogen and oxygen atoms in total. The first-order valence-corrected chi connectivity index (χ1v) is 8.04. The highest BCUT2D eigenvalue weighted by molar-refractivity contribution is 5.92. The van der Waals surface area contributed by atoms with Gasteiger partial charge in [0.25, 0.3) is 5.69 Å². The molecule has 0 heterocycles. The first-order chi connectivity index (χ1) is 12.0. The second kappa shape index (κ2) is 7.40. The van der Waals surface area contributed by atoms with Gasteiger partial charge in [-0.25, -0.2) is 4.39 Å². The van der Waals surface area contributed by atoms with E-state index >= 15 is 0 Å². The van der Waals surface area contributed by atoms with Gasteiger partial charge in [0.05, 0.1) is 11.5 Å². The molecule has 1 saturated carbocycles. The lowest BCUT2D eigenvalue weighted by molar-refractivity contribution is -0.384. The summed E-state index contributed by atoms with van der Waals surface area (Å²) in [6.07, 6.45) is 1.97. The third kappa shape index (κ3) is 4.60. The Hall–Kier alpha value is -2.80. The molecule has 0 aliphatic heterocycles. The van der Waals surface area contributed by atoms with Crippen molar-refractivity contribution in [2.45, 2.75) is 25.4 Å². The number of non-ortho nitro benzene ring substituents is 1. The molecule has 0 spiro atoms. The molecule has 1 N–H and O–H groups in total. The Morgan fingerprint density at radius 3 is 2.68 bits per heavy atom. The van der Waals surface area contributed by atoms with Crippen molar-refractivity contribution in [3.63, 3.8) is 0 Å². The van der Waals surface area contributed by atoms with Crippen LogP contribution in [0.3, 0.4) is 0 Å². The Balaban J connectivity index is 1.64. The topological polar surface area (TPSA) is 75.5 Å². The molecule has 0 saturated heterocycles. The van der Waals surface area contributed by atoms with Crippen molar-refractivity contribution >= 4 is 17.3 Å². The van der Waals surface area contributed by atoms with Crippen LogP contribution < -0.4 is 5.32 Å². The van der Waals surface area contributed by atoms with Gasteiger partial charge in [-0.1, -0.05) is 24.3 Å². The van der Waals surface area contributed by atoms with Gasteiger partial charge >= 0.3 is 0 Å². The second-order valence-corrected chi connectivity index (χ2v) is 6.08. The minimum Gasteiger partial charge on any atom is -0.325 e. The fourth-order valence-corrected chi connectivity index (χ4v) is 2.68. The number of rotatable bonds is 7. The molecule has 3 rings (SSSR count). The molecule has 2 aromatic carbocycles. The summed E-state index contributed by atoms with van der Waals surface area (Å²) in [7, 11) is 0. The molecule has 130 valence electrons. The lowest BCUT2D eigenvalue weighted by atomic mass is 10.2. The van der Waals surface area contributed by atoms with Gasteiger partial charge in [0, 0.05) is 36.0 Å². The highest BCUT2D eigenvalue weighted by atomic mass is 19.1. The zero-order valence-corrected chi connectivity index (χ0v) is 13.5. The first-order valence-electron chi connectivity index (χ1n) is 8.04. The van der Waals surface area contributed by atoms with Crippen LogP contribution >= 0.6 is 0 Å². The SMILES string of the molecule is O=C(CN(Cc1ccccc1F)C1CC1)Nc1cccc([N+](=O)[O-])c1. The smallest absolute Gasteiger partial charge is 0.271 e. The summed E-state index contributed by atoms with van der Waals surface area (Å²) in [5.74, 6) is -0.559. The standard InChI is InChI=1S/C18H18FN3O3/c19-17-7-2-1-4-13(17)11-21(15-8-9-15)12-18(23)20-14-5-3-6-16(10-14)22(24)25/h1-7,10,15H,8-9,11-12H2,(H,20,23). The van der Waals surface area contributed by atoms with E-state index in [-0.39, 0.29) is 30.0 Å². The zero-order chi connectivity index (χ0) is 17.8. The number of benzene rings is 2. The average molecular weight is 343 g/mol. The summed E-state index contributed by atoms with van der Waals surface area (Å²) in [5.41, 5.74) is 0.849. The molecule has 7 heteroatoms. The lowest BCUT2D eigenvalue weighted by Crippen LogP contribution is -2.34. The van der Waals surface area contributed by atoms with Gasteiger partial charge in [-0.15, -0.1) is 0 Å². The van der Waals surface area contributed by atoms with E-state index in [0.29, 0.717) is 17.8 Å². The van der Waals surface area contributed by atoms with Crippen molar-refractivity contribution in [3.05, 3.63) is 70.0 Å². The molecule has 25 heavy (non-hydrogen) atoms. The summed E-state index contributed by atoms with van der Waals surface area (Å²) in [4.78, 5) is 24.5. The number of amides is 1. The van der Waals surface area contributed by atoms with Crippen LogP contribution in [-0.4, -0.2) is 28.3 Å². The van der Waals surface area contributed by atoms with Gasteiger partial charge in [-0.2, -0.15) is 0 Å². The number of anilines is 1. The predicted octanol–water partition coefficient (Wildman–Crippen LogP) is 3.34. The van der Waals surface area contributed by atoms with Crippen LogP contribution in [-0.2, 0) is 11.3 Å². The van der Waals surface area contributed by atoms with Crippen molar-refractivity contribution in [1.82, 2.24) is 4.90 Å². The lowest BCUT2D eigenvalue weighted by Gasteiger charge is -2.21. The molecule has 0 bridgehead atoms. The third-order valence-electron chi connectivity index (χ3n) is 4.08. The van der Waals surface area contributed by atoms with Crippen molar-refractivity contribution in [2.75, 3.05) is 11.9 Å². The van der Waals surface area contributed by atoms with E-state index in [4.69, 9.17) is 0 Å². The number of hydrogen-bond acceptors (Lipinski definition) is 4. The molecular formula is C18H18FN3O3. The monoisotopic (exact) mass is 343 g/mol. The summed E-state index contributed by atoms with van der Waals surface area (Å²) in [6, 6.07) is 12.6. The van der Waals surface area contributed by atoms with E-state index in [1.54, 1.807) is 24.3 Å². The van der Waals surface area contributed by atoms with Gasteiger partial charge in [0.2, 0.25) is 5.91 Å². The molecule has 0 atom stereocenters. The Labute approximate surface area is 144 Å². The Morgan fingerprint density at radius 2 is 2.00 bits per heavy atom. The number of halogens is 1. The third-order valence-corrected chi connectivity index (χ3v) is 4.08. The number of nitrogens with zero attached hydrogens (tertiary/aromatic N) is 2. The Morgan fingerprint density at radius 1 is 1.24 bits per heavy atom. The predicted molar refractivity (Wildman–Crippen MR) is 91.6 cm³/mol. The van der Waals surface area contributed by atoms with Crippen molar-refractivity contribution < 1.29 is 14.1 Å². The van der Waals surface area contributed by atoms with Crippen LogP contribution in [0.4, 0.5) is 15.8 Å². The molecular weight excluding hydrogens is 325 g/mol. The fourth-order valence-electron chi connectivity index (χ4n) is 2.68. The maximum atomic E-state index is 13.8. The van der Waals surface area contributed by atoms with Gasteiger partial charge in [0.15, 0.2) is 0 Å². The van der Waals surface area contributed by atoms with Crippen LogP contribution in [0, 0.1) is 15.9 Å². The highest BCUT2D eigenvalue weighted by Gasteiger charge is 2.30. The zero-order valence-electron chi connectivity index (χ0n) is 13.5. The van der Waals surface area contributed by atoms with E-state index in [1.807, 2.05) is 4.90 Å². The van der Waals surface area contributed by atoms with Crippen LogP contribution in [0.1, 0.15) is 18.4 Å². The molecule has 0 radical (unpaired) electrons. The molecule has 0 unspecified atom stereocenters. The molecule has 2 aromatic rings. The van der Waals surface area contributed by atoms with Crippen LogP contribution in [0.15, 0.2) is 48.5 Å². The summed E-state index contributed by atoms with van der Waals surface area (Å²) in [5, 5.41) is 13.5. The van der Waals surface area contributed by atoms with Crippen molar-refractivity contribution in [1.29, 1.82) is 0 Å². The molecule has 1 fully saturated rings. The molecule has 1 amide bonds. The van der Waals surface area contributed by atoms with Gasteiger partial charge in [-0.05, 0) is 25.0 Å². The largest absolute Gasteiger partial charge is 0.325 e. The number of carbonyl (C=O) groups excluding carboxylic acids is 1. The molecule has 1 aliphatic rings. The number of carbonyl (C=O) groups is 1. The maximum absolute atomic E-state index is 13.8. The van der Waals surface area contributed by atoms with Crippen molar-refractivity contribution in [3.8, 4) is 0 Å². The van der Waals surface area contributed by atoms with Crippen LogP contribution in [0.25, 0.3) is 0 Å². The minimum absolute atomic E-state index is 0.0804. The quantitative estimate of drug-likeness (QED) is 0.618. The maximum Gasteiger partial charge on any atom is 0.271 e. The highest BCUT2D eigenvalue weighted by Crippen LogP contribution is 2.28. The van der Waals surface area contributed by atoms with Gasteiger partial charge in [0.1, 0.15) is 5.82 Å². The normalized spacial score (nSPS) is 13.7. The molecule has 1 aliphatic carbocycles. The van der Waals surface area contributed by atoms with E-state index in [9.17, 15) is 19.3 Å². The van der Waals surface area contributed by atoms with Crippen LogP contribution in [0.2, 0.25) is 0 Å². The van der Waals surface area contributed by atoms with Gasteiger partial charge < -0.3 is 5.32 Å². The number of nitro benzene ring substituents is 1. The Kier molecular flexibility index (Phi) is 5.04. The summed E-state index contributed by atoms with van der Waals surface area (Å²) < 4.78 is 13.8. The van der Waals surface area contributed by atoms with E-state index < -0.39 is 4.92 Å². The second-order valence-electron chi connectivity index (χ2n) is 6.08. The van der Waals surface area contributed by atoms with Crippen molar-refractivity contribution in [2.24, 2.45) is 0 Å². The molecule has 0 aromatic heterocycles. The number of nitrogens with one attached hydrogen (secondary N) is 1. The van der Waals surface area contributed by atoms with E-state index in [2.05, 4.69) is 5.32 Å². The summed E-state index contributed by atoms with van der Waals surface area (Å²) in [6.45, 7) is 0.474. The van der Waals surface area contributed by atoms with Gasteiger partial charge in [-0.3, -0.25) is 19.8 Å². The fraction of sp³-hybridized carbons (Fsp3) is 0.278. The minimum atomic E-state index is -0.510. The number of hydrogen-bond donors (Lipinski definition) is 1.